The van der Waals surface area contributed by atoms with E-state index in [4.69, 9.17) is 25.4 Å². The number of ether oxygens (including phenoxy) is 1. The first-order valence-corrected chi connectivity index (χ1v) is 10.00. The third-order valence-electron chi connectivity index (χ3n) is 2.01. The molecule has 0 rings (SSSR count). The predicted octanol–water partition coefficient (Wildman–Crippen LogP) is 3.89. The van der Waals surface area contributed by atoms with Crippen LogP contribution in [0.4, 0.5) is 0 Å². The van der Waals surface area contributed by atoms with E-state index in [0.717, 1.165) is 0 Å². The molecule has 0 aliphatic heterocycles. The van der Waals surface area contributed by atoms with Gasteiger partial charge < -0.3 is 13.8 Å². The van der Waals surface area contributed by atoms with Gasteiger partial charge in [-0.3, -0.25) is 9.36 Å². The molecule has 0 saturated heterocycles. The molecular weight excluding hydrogens is 323 g/mol. The second-order valence-corrected chi connectivity index (χ2v) is 8.04. The molecule has 120 valence electrons. The molecule has 20 heavy (non-hydrogen) atoms. The molecule has 0 aromatic heterocycles. The topological polar surface area (TPSA) is 61.8 Å². The molecule has 0 saturated carbocycles. The Bertz CT molecular complexity index is 324. The van der Waals surface area contributed by atoms with E-state index >= 15 is 0 Å². The van der Waals surface area contributed by atoms with Gasteiger partial charge in [-0.15, -0.1) is 11.6 Å². The molecule has 1 atom stereocenters. The number of carbonyl (C=O) groups excluding carboxylic acids is 1. The molecule has 8 heteroatoms. The van der Waals surface area contributed by atoms with Crippen LogP contribution in [0.2, 0.25) is 0 Å². The van der Waals surface area contributed by atoms with E-state index in [1.165, 1.54) is 0 Å². The minimum Gasteiger partial charge on any atom is -0.448 e. The number of rotatable bonds is 10. The van der Waals surface area contributed by atoms with Crippen molar-refractivity contribution in [3.63, 3.8) is 0 Å². The highest BCUT2D eigenvalue weighted by molar-refractivity contribution is 7.98. The van der Waals surface area contributed by atoms with Gasteiger partial charge in [-0.1, -0.05) is 0 Å². The average Bonchev–Trinajstić information content (AvgIpc) is 2.31. The quantitative estimate of drug-likeness (QED) is 0.340. The van der Waals surface area contributed by atoms with Crippen molar-refractivity contribution in [2.75, 3.05) is 17.9 Å². The lowest BCUT2D eigenvalue weighted by Gasteiger charge is -2.29. The molecule has 0 aromatic carbocycles. The van der Waals surface area contributed by atoms with Crippen LogP contribution < -0.4 is 0 Å². The second-order valence-electron chi connectivity index (χ2n) is 4.71. The zero-order chi connectivity index (χ0) is 15.8. The third kappa shape index (κ3) is 7.89. The molecule has 0 aliphatic rings. The van der Waals surface area contributed by atoms with E-state index in [1.54, 1.807) is 39.5 Å². The van der Waals surface area contributed by atoms with E-state index in [2.05, 4.69) is 0 Å². The molecule has 0 aromatic rings. The van der Waals surface area contributed by atoms with Crippen LogP contribution in [0.25, 0.3) is 0 Å². The molecular formula is C12H24ClO5PS. The summed E-state index contributed by atoms with van der Waals surface area (Å²) in [6.45, 7) is 7.02. The highest BCUT2D eigenvalue weighted by atomic mass is 35.5. The van der Waals surface area contributed by atoms with Crippen LogP contribution in [0.1, 0.15) is 34.1 Å². The van der Waals surface area contributed by atoms with Crippen LogP contribution in [0, 0.1) is 0 Å². The van der Waals surface area contributed by atoms with Crippen LogP contribution in [-0.4, -0.2) is 41.9 Å². The Morgan fingerprint density at radius 3 is 2.05 bits per heavy atom. The summed E-state index contributed by atoms with van der Waals surface area (Å²) < 4.78 is 29.0. The van der Waals surface area contributed by atoms with Gasteiger partial charge in [0.25, 0.3) is 0 Å². The van der Waals surface area contributed by atoms with Gasteiger partial charge in [-0.05, 0) is 39.7 Å². The molecule has 0 unspecified atom stereocenters. The van der Waals surface area contributed by atoms with Crippen molar-refractivity contribution in [3.8, 4) is 0 Å². The molecule has 0 heterocycles. The monoisotopic (exact) mass is 346 g/mol. The molecule has 0 fully saturated rings. The van der Waals surface area contributed by atoms with Crippen molar-refractivity contribution >= 4 is 36.9 Å². The lowest BCUT2D eigenvalue weighted by atomic mass is 10.5. The van der Waals surface area contributed by atoms with Crippen molar-refractivity contribution in [1.29, 1.82) is 0 Å². The van der Waals surface area contributed by atoms with Crippen molar-refractivity contribution in [1.82, 2.24) is 0 Å². The number of hydrogen-bond donors (Lipinski definition) is 0. The number of halogens is 1. The summed E-state index contributed by atoms with van der Waals surface area (Å²) in [5, 5.41) is 0. The Kier molecular flexibility index (Phi) is 10.2. The third-order valence-corrected chi connectivity index (χ3v) is 5.38. The van der Waals surface area contributed by atoms with E-state index < -0.39 is 19.4 Å². The summed E-state index contributed by atoms with van der Waals surface area (Å²) in [5.41, 5.74) is 0. The number of hydrogen-bond acceptors (Lipinski definition) is 6. The minimum absolute atomic E-state index is 0.293. The fourth-order valence-corrected chi connectivity index (χ4v) is 4.31. The number of thioether (sulfide) groups is 1. The van der Waals surface area contributed by atoms with Crippen molar-refractivity contribution < 1.29 is 23.1 Å². The van der Waals surface area contributed by atoms with Gasteiger partial charge >= 0.3 is 13.6 Å². The van der Waals surface area contributed by atoms with Crippen LogP contribution in [0.5, 0.6) is 0 Å². The summed E-state index contributed by atoms with van der Waals surface area (Å²) >= 11 is 7.00. The molecule has 0 spiro atoms. The van der Waals surface area contributed by atoms with Gasteiger partial charge in [-0.25, -0.2) is 0 Å². The molecule has 0 bridgehead atoms. The minimum atomic E-state index is -3.55. The van der Waals surface area contributed by atoms with Gasteiger partial charge in [0, 0.05) is 6.42 Å². The van der Waals surface area contributed by atoms with Crippen LogP contribution in [-0.2, 0) is 23.1 Å². The first-order chi connectivity index (χ1) is 9.25. The summed E-state index contributed by atoms with van der Waals surface area (Å²) in [6, 6.07) is 0. The van der Waals surface area contributed by atoms with Crippen molar-refractivity contribution in [2.45, 2.75) is 52.2 Å². The zero-order valence-electron chi connectivity index (χ0n) is 12.6. The molecule has 0 aliphatic carbocycles. The Labute approximate surface area is 130 Å². The van der Waals surface area contributed by atoms with Gasteiger partial charge in [0.05, 0.1) is 12.2 Å². The van der Waals surface area contributed by atoms with Crippen LogP contribution in [0.3, 0.4) is 0 Å². The van der Waals surface area contributed by atoms with E-state index in [0.29, 0.717) is 12.2 Å². The summed E-state index contributed by atoms with van der Waals surface area (Å²) in [4.78, 5) is 11.4. The summed E-state index contributed by atoms with van der Waals surface area (Å²) in [5.74, 6) is -1.17. The average molecular weight is 347 g/mol. The normalized spacial score (nSPS) is 13.8. The lowest BCUT2D eigenvalue weighted by molar-refractivity contribution is -0.143. The fourth-order valence-electron chi connectivity index (χ4n) is 1.43. The van der Waals surface area contributed by atoms with Crippen molar-refractivity contribution in [3.05, 3.63) is 0 Å². The summed E-state index contributed by atoms with van der Waals surface area (Å²) in [6.07, 6.45) is 1.70. The smallest absolute Gasteiger partial charge is 0.371 e. The Hall–Kier alpha value is 0.260. The van der Waals surface area contributed by atoms with Gasteiger partial charge in [0.1, 0.15) is 5.88 Å². The standard InChI is InChI=1S/C12H24ClO5PS/c1-9(2)17-19(15,18-10(3)4)12(6-7-20-5)16-11(14)8-13/h9-10,12H,6-8H2,1-5H3/t12-/m0/s1. The maximum Gasteiger partial charge on any atom is 0.371 e. The van der Waals surface area contributed by atoms with Gasteiger partial charge in [-0.2, -0.15) is 11.8 Å². The maximum absolute atomic E-state index is 12.9. The van der Waals surface area contributed by atoms with E-state index in [-0.39, 0.29) is 18.1 Å². The first kappa shape index (κ1) is 20.3. The van der Waals surface area contributed by atoms with Gasteiger partial charge in [0.15, 0.2) is 0 Å². The number of alkyl halides is 1. The van der Waals surface area contributed by atoms with Crippen molar-refractivity contribution in [2.24, 2.45) is 0 Å². The molecule has 0 amide bonds. The lowest BCUT2D eigenvalue weighted by Crippen LogP contribution is -2.25. The number of esters is 1. The highest BCUT2D eigenvalue weighted by Gasteiger charge is 2.40. The van der Waals surface area contributed by atoms with Crippen LogP contribution in [0.15, 0.2) is 0 Å². The largest absolute Gasteiger partial charge is 0.448 e. The Balaban J connectivity index is 5.14. The highest BCUT2D eigenvalue weighted by Crippen LogP contribution is 2.56. The Morgan fingerprint density at radius 2 is 1.70 bits per heavy atom. The molecule has 5 nitrogen and oxygen atoms in total. The van der Waals surface area contributed by atoms with Gasteiger partial charge in [0.2, 0.25) is 5.85 Å². The van der Waals surface area contributed by atoms with Crippen LogP contribution >= 0.6 is 31.0 Å². The number of carbonyl (C=O) groups is 1. The zero-order valence-corrected chi connectivity index (χ0v) is 15.1. The fraction of sp³-hybridized carbons (Fsp3) is 0.917. The van der Waals surface area contributed by atoms with E-state index in [1.807, 2.05) is 6.26 Å². The molecule has 0 N–H and O–H groups in total. The predicted molar refractivity (Wildman–Crippen MR) is 83.6 cm³/mol. The Morgan fingerprint density at radius 1 is 1.20 bits per heavy atom. The maximum atomic E-state index is 12.9. The molecule has 0 radical (unpaired) electrons. The first-order valence-electron chi connectivity index (χ1n) is 6.46. The second kappa shape index (κ2) is 10.1. The summed E-state index contributed by atoms with van der Waals surface area (Å²) in [7, 11) is -3.55. The SMILES string of the molecule is CSCC[C@@H](OC(=O)CCl)P(=O)(OC(C)C)OC(C)C. The van der Waals surface area contributed by atoms with E-state index in [9.17, 15) is 9.36 Å².